The van der Waals surface area contributed by atoms with Crippen LogP contribution in [0.1, 0.15) is 31.7 Å². The number of benzene rings is 1. The molecule has 1 aromatic carbocycles. The van der Waals surface area contributed by atoms with Crippen molar-refractivity contribution in [3.05, 3.63) is 42.9 Å². The van der Waals surface area contributed by atoms with E-state index in [1.54, 1.807) is 17.1 Å². The van der Waals surface area contributed by atoms with Crippen LogP contribution < -0.4 is 10.6 Å². The molecule has 12 heteroatoms. The first kappa shape index (κ1) is 22.7. The third kappa shape index (κ3) is 5.33. The Morgan fingerprint density at radius 1 is 1.15 bits per heavy atom. The maximum absolute atomic E-state index is 11.1. The summed E-state index contributed by atoms with van der Waals surface area (Å²) < 4.78 is 9.28. The average Bonchev–Trinajstić information content (AvgIpc) is 3.50. The maximum Gasteiger partial charge on any atom is 0.229 e. The Morgan fingerprint density at radius 2 is 1.97 bits per heavy atom. The fraction of sp³-hybridized carbons (Fsp3) is 0.364. The highest BCUT2D eigenvalue weighted by molar-refractivity contribution is 14.1. The Labute approximate surface area is 209 Å². The van der Waals surface area contributed by atoms with Crippen LogP contribution in [0.5, 0.6) is 0 Å². The molecule has 0 atom stereocenters. The molecule has 0 amide bonds. The summed E-state index contributed by atoms with van der Waals surface area (Å²) in [6.45, 7) is 2.27. The Balaban J connectivity index is 1.28. The van der Waals surface area contributed by atoms with Crippen LogP contribution in [0.3, 0.4) is 0 Å². The zero-order valence-electron chi connectivity index (χ0n) is 18.4. The summed E-state index contributed by atoms with van der Waals surface area (Å²) >= 11 is 1.83. The molecule has 1 aliphatic heterocycles. The molecule has 0 spiro atoms. The Bertz CT molecular complexity index is 1270. The predicted octanol–water partition coefficient (Wildman–Crippen LogP) is 3.66. The maximum atomic E-state index is 11.1. The van der Waals surface area contributed by atoms with Crippen molar-refractivity contribution in [3.63, 3.8) is 0 Å². The summed E-state index contributed by atoms with van der Waals surface area (Å²) in [6, 6.07) is 8.20. The van der Waals surface area contributed by atoms with Crippen LogP contribution in [-0.4, -0.2) is 58.3 Å². The number of ether oxygens (including phenoxy) is 1. The molecule has 1 aliphatic rings. The Hall–Kier alpha value is -3.13. The van der Waals surface area contributed by atoms with Gasteiger partial charge in [0.15, 0.2) is 15.0 Å². The molecule has 0 bridgehead atoms. The number of carbonyl (C=O) groups is 1. The van der Waals surface area contributed by atoms with Crippen LogP contribution in [0.25, 0.3) is 16.9 Å². The third-order valence-corrected chi connectivity index (χ3v) is 6.15. The van der Waals surface area contributed by atoms with Gasteiger partial charge in [0.1, 0.15) is 0 Å². The molecule has 4 heterocycles. The van der Waals surface area contributed by atoms with Gasteiger partial charge in [-0.25, -0.2) is 4.98 Å². The predicted molar refractivity (Wildman–Crippen MR) is 136 cm³/mol. The zero-order valence-corrected chi connectivity index (χ0v) is 20.6. The van der Waals surface area contributed by atoms with E-state index in [-0.39, 0.29) is 3.79 Å². The van der Waals surface area contributed by atoms with Crippen molar-refractivity contribution >= 4 is 54.9 Å². The second-order valence-corrected chi connectivity index (χ2v) is 9.22. The topological polar surface area (TPSA) is 125 Å². The molecular formula is C22H24IN9O2. The van der Waals surface area contributed by atoms with Gasteiger partial charge in [-0.1, -0.05) is 5.21 Å². The van der Waals surface area contributed by atoms with Crippen molar-refractivity contribution in [1.29, 1.82) is 0 Å². The summed E-state index contributed by atoms with van der Waals surface area (Å²) in [5.74, 6) is 0.450. The lowest BCUT2D eigenvalue weighted by Gasteiger charge is -2.22. The monoisotopic (exact) mass is 573 g/mol. The van der Waals surface area contributed by atoms with Crippen molar-refractivity contribution in [1.82, 2.24) is 34.7 Å². The lowest BCUT2D eigenvalue weighted by molar-refractivity contribution is -0.109. The molecule has 3 aromatic heterocycles. The molecule has 34 heavy (non-hydrogen) atoms. The summed E-state index contributed by atoms with van der Waals surface area (Å²) in [6.07, 6.45) is 8.70. The number of fused-ring (bicyclic) bond motifs is 1. The van der Waals surface area contributed by atoms with E-state index in [4.69, 9.17) is 4.74 Å². The standard InChI is InChI=1S/C22H24IN9O2/c23-20(33)2-1-9-24-15-3-5-18(6-4-15)32-21-19(29-30-32)13-25-22(28-21)27-16-12-26-31(14-16)17-7-10-34-11-8-17/h3-6,12-14,17,24H,1-2,7-11H2,(H,25,27,28). The van der Waals surface area contributed by atoms with Crippen LogP contribution in [0.15, 0.2) is 42.9 Å². The molecule has 4 aromatic rings. The quantitative estimate of drug-likeness (QED) is 0.175. The fourth-order valence-corrected chi connectivity index (χ4v) is 4.21. The number of halogens is 1. The molecular weight excluding hydrogens is 549 g/mol. The smallest absolute Gasteiger partial charge is 0.229 e. The van der Waals surface area contributed by atoms with E-state index in [9.17, 15) is 4.79 Å². The summed E-state index contributed by atoms with van der Waals surface area (Å²) in [4.78, 5) is 20.1. The number of hydrogen-bond donors (Lipinski definition) is 2. The lowest BCUT2D eigenvalue weighted by Crippen LogP contribution is -2.19. The Morgan fingerprint density at radius 3 is 2.76 bits per heavy atom. The molecule has 5 rings (SSSR count). The third-order valence-electron chi connectivity index (χ3n) is 5.61. The fourth-order valence-electron chi connectivity index (χ4n) is 3.82. The molecule has 11 nitrogen and oxygen atoms in total. The van der Waals surface area contributed by atoms with Gasteiger partial charge in [-0.3, -0.25) is 9.48 Å². The van der Waals surface area contributed by atoms with E-state index in [1.165, 1.54) is 0 Å². The zero-order chi connectivity index (χ0) is 23.3. The highest BCUT2D eigenvalue weighted by atomic mass is 127. The van der Waals surface area contributed by atoms with Gasteiger partial charge in [-0.2, -0.15) is 14.8 Å². The number of nitrogens with one attached hydrogen (secondary N) is 2. The molecule has 176 valence electrons. The van der Waals surface area contributed by atoms with Crippen LogP contribution in [-0.2, 0) is 9.53 Å². The largest absolute Gasteiger partial charge is 0.385 e. The molecule has 0 unspecified atom stereocenters. The second-order valence-electron chi connectivity index (χ2n) is 8.01. The van der Waals surface area contributed by atoms with Crippen LogP contribution in [0, 0.1) is 0 Å². The number of anilines is 3. The minimum absolute atomic E-state index is 0.178. The van der Waals surface area contributed by atoms with Gasteiger partial charge < -0.3 is 15.4 Å². The van der Waals surface area contributed by atoms with Gasteiger partial charge in [-0.15, -0.1) is 5.10 Å². The van der Waals surface area contributed by atoms with Crippen LogP contribution in [0.2, 0.25) is 0 Å². The van der Waals surface area contributed by atoms with Gasteiger partial charge in [-0.05, 0) is 66.1 Å². The van der Waals surface area contributed by atoms with Crippen molar-refractivity contribution < 1.29 is 9.53 Å². The highest BCUT2D eigenvalue weighted by Gasteiger charge is 2.17. The number of hydrogen-bond acceptors (Lipinski definition) is 9. The number of aromatic nitrogens is 7. The molecule has 0 aliphatic carbocycles. The molecule has 0 saturated carbocycles. The highest BCUT2D eigenvalue weighted by Crippen LogP contribution is 2.23. The molecule has 1 fully saturated rings. The van der Waals surface area contributed by atoms with Crippen molar-refractivity contribution in [2.45, 2.75) is 31.7 Å². The first-order valence-electron chi connectivity index (χ1n) is 11.2. The average molecular weight is 573 g/mol. The van der Waals surface area contributed by atoms with E-state index in [0.717, 1.165) is 56.1 Å². The Kier molecular flexibility index (Phi) is 6.94. The van der Waals surface area contributed by atoms with E-state index in [0.29, 0.717) is 29.6 Å². The normalized spacial score (nSPS) is 14.4. The summed E-state index contributed by atoms with van der Waals surface area (Å²) in [5.41, 5.74) is 3.86. The van der Waals surface area contributed by atoms with E-state index in [1.807, 2.05) is 57.7 Å². The molecule has 0 radical (unpaired) electrons. The number of nitrogens with zero attached hydrogens (tertiary/aromatic N) is 7. The van der Waals surface area contributed by atoms with E-state index < -0.39 is 0 Å². The SMILES string of the molecule is O=C(I)CCCNc1ccc(-n2nnc3cnc(Nc4cnn(C5CCOCC5)c4)nc32)cc1. The van der Waals surface area contributed by atoms with E-state index in [2.05, 4.69) is 36.0 Å². The van der Waals surface area contributed by atoms with Crippen molar-refractivity contribution in [2.24, 2.45) is 0 Å². The summed E-state index contributed by atoms with van der Waals surface area (Å²) in [7, 11) is 0. The number of rotatable bonds is 9. The van der Waals surface area contributed by atoms with Gasteiger partial charge >= 0.3 is 0 Å². The van der Waals surface area contributed by atoms with E-state index >= 15 is 0 Å². The minimum atomic E-state index is 0.178. The summed E-state index contributed by atoms with van der Waals surface area (Å²) in [5, 5.41) is 19.5. The molecule has 2 N–H and O–H groups in total. The van der Waals surface area contributed by atoms with Crippen molar-refractivity contribution in [2.75, 3.05) is 30.4 Å². The molecule has 1 saturated heterocycles. The lowest BCUT2D eigenvalue weighted by atomic mass is 10.1. The first-order chi connectivity index (χ1) is 16.7. The van der Waals surface area contributed by atoms with Gasteiger partial charge in [0.25, 0.3) is 0 Å². The van der Waals surface area contributed by atoms with Crippen molar-refractivity contribution in [3.8, 4) is 5.69 Å². The van der Waals surface area contributed by atoms with Crippen LogP contribution in [0.4, 0.5) is 17.3 Å². The minimum Gasteiger partial charge on any atom is -0.385 e. The van der Waals surface area contributed by atoms with Gasteiger partial charge in [0.2, 0.25) is 5.95 Å². The first-order valence-corrected chi connectivity index (χ1v) is 12.2. The second kappa shape index (κ2) is 10.4. The van der Waals surface area contributed by atoms with Gasteiger partial charge in [0, 0.05) is 38.1 Å². The van der Waals surface area contributed by atoms with Crippen LogP contribution >= 0.6 is 22.6 Å². The number of carbonyl (C=O) groups excluding carboxylic acids is 1. The van der Waals surface area contributed by atoms with Gasteiger partial charge in [0.05, 0.1) is 29.8 Å².